The van der Waals surface area contributed by atoms with Crippen molar-refractivity contribution < 1.29 is 13.9 Å². The van der Waals surface area contributed by atoms with E-state index in [9.17, 15) is 9.18 Å². The lowest BCUT2D eigenvalue weighted by Gasteiger charge is -2.33. The Balaban J connectivity index is 1.47. The molecule has 0 radical (unpaired) electrons. The predicted octanol–water partition coefficient (Wildman–Crippen LogP) is 5.85. The van der Waals surface area contributed by atoms with E-state index in [-0.39, 0.29) is 18.3 Å². The van der Waals surface area contributed by atoms with E-state index in [0.29, 0.717) is 17.0 Å². The third kappa shape index (κ3) is 4.01. The van der Waals surface area contributed by atoms with E-state index in [4.69, 9.17) is 9.72 Å². The lowest BCUT2D eigenvalue weighted by Crippen LogP contribution is -2.44. The zero-order valence-corrected chi connectivity index (χ0v) is 18.3. The van der Waals surface area contributed by atoms with Crippen LogP contribution in [0.2, 0.25) is 0 Å². The SMILES string of the molecule is CC1Oc2ccc(-c3csc(Cc4ccccc4)n3)cc2N(Cc2ccccc2F)C1=O. The molecule has 1 aliphatic rings. The fraction of sp³-hybridized carbons (Fsp3) is 0.154. The van der Waals surface area contributed by atoms with Crippen LogP contribution in [0.25, 0.3) is 11.3 Å². The molecule has 0 bridgehead atoms. The maximum atomic E-state index is 14.3. The lowest BCUT2D eigenvalue weighted by atomic mass is 10.1. The van der Waals surface area contributed by atoms with Gasteiger partial charge in [0.15, 0.2) is 6.10 Å². The summed E-state index contributed by atoms with van der Waals surface area (Å²) in [7, 11) is 0. The van der Waals surface area contributed by atoms with Gasteiger partial charge in [-0.2, -0.15) is 0 Å². The van der Waals surface area contributed by atoms with Gasteiger partial charge < -0.3 is 9.64 Å². The molecule has 1 unspecified atom stereocenters. The second-order valence-electron chi connectivity index (χ2n) is 7.75. The van der Waals surface area contributed by atoms with Crippen molar-refractivity contribution in [2.75, 3.05) is 4.90 Å². The molecular weight excluding hydrogens is 423 g/mol. The summed E-state index contributed by atoms with van der Waals surface area (Å²) in [6.07, 6.45) is 0.145. The number of halogens is 1. The van der Waals surface area contributed by atoms with Crippen molar-refractivity contribution in [1.82, 2.24) is 4.98 Å². The van der Waals surface area contributed by atoms with E-state index in [1.807, 2.05) is 41.8 Å². The van der Waals surface area contributed by atoms with Crippen LogP contribution in [0, 0.1) is 5.82 Å². The number of fused-ring (bicyclic) bond motifs is 1. The summed E-state index contributed by atoms with van der Waals surface area (Å²) in [5, 5.41) is 3.04. The molecule has 1 aliphatic heterocycles. The molecule has 5 rings (SSSR count). The van der Waals surface area contributed by atoms with Gasteiger partial charge in [-0.15, -0.1) is 11.3 Å². The molecule has 1 aromatic heterocycles. The van der Waals surface area contributed by atoms with E-state index in [0.717, 1.165) is 22.7 Å². The second-order valence-corrected chi connectivity index (χ2v) is 8.69. The number of nitrogens with zero attached hydrogens (tertiary/aromatic N) is 2. The van der Waals surface area contributed by atoms with Crippen LogP contribution >= 0.6 is 11.3 Å². The van der Waals surface area contributed by atoms with Gasteiger partial charge in [-0.05, 0) is 36.8 Å². The Morgan fingerprint density at radius 1 is 1.06 bits per heavy atom. The van der Waals surface area contributed by atoms with Crippen molar-refractivity contribution in [3.8, 4) is 17.0 Å². The first-order chi connectivity index (χ1) is 15.6. The van der Waals surface area contributed by atoms with Gasteiger partial charge in [-0.25, -0.2) is 9.37 Å². The van der Waals surface area contributed by atoms with Crippen LogP contribution in [0.15, 0.2) is 78.2 Å². The molecule has 1 amide bonds. The minimum Gasteiger partial charge on any atom is -0.479 e. The van der Waals surface area contributed by atoms with Gasteiger partial charge in [0.05, 0.1) is 22.9 Å². The number of anilines is 1. The molecule has 4 nitrogen and oxygen atoms in total. The zero-order chi connectivity index (χ0) is 22.1. The van der Waals surface area contributed by atoms with E-state index < -0.39 is 6.10 Å². The van der Waals surface area contributed by atoms with Gasteiger partial charge in [0.1, 0.15) is 11.6 Å². The van der Waals surface area contributed by atoms with Crippen LogP contribution in [0.1, 0.15) is 23.1 Å². The minimum atomic E-state index is -0.628. The monoisotopic (exact) mass is 444 g/mol. The van der Waals surface area contributed by atoms with Crippen LogP contribution in [0.5, 0.6) is 5.75 Å². The molecule has 0 aliphatic carbocycles. The third-order valence-corrected chi connectivity index (χ3v) is 6.35. The molecule has 32 heavy (non-hydrogen) atoms. The summed E-state index contributed by atoms with van der Waals surface area (Å²) in [4.78, 5) is 19.3. The van der Waals surface area contributed by atoms with E-state index in [1.165, 1.54) is 11.6 Å². The first-order valence-electron chi connectivity index (χ1n) is 10.4. The molecule has 2 heterocycles. The number of amides is 1. The maximum Gasteiger partial charge on any atom is 0.268 e. The van der Waals surface area contributed by atoms with Crippen molar-refractivity contribution in [3.63, 3.8) is 0 Å². The molecule has 160 valence electrons. The second kappa shape index (κ2) is 8.55. The lowest BCUT2D eigenvalue weighted by molar-refractivity contribution is -0.125. The van der Waals surface area contributed by atoms with E-state index in [2.05, 4.69) is 12.1 Å². The van der Waals surface area contributed by atoms with Crippen LogP contribution in [0.4, 0.5) is 10.1 Å². The van der Waals surface area contributed by atoms with Gasteiger partial charge in [0, 0.05) is 22.9 Å². The average Bonchev–Trinajstić information content (AvgIpc) is 3.27. The number of hydrogen-bond donors (Lipinski definition) is 0. The summed E-state index contributed by atoms with van der Waals surface area (Å²) in [5.74, 6) is 0.0834. The number of ether oxygens (including phenoxy) is 1. The normalized spacial score (nSPS) is 15.4. The molecule has 0 spiro atoms. The number of carbonyl (C=O) groups is 1. The summed E-state index contributed by atoms with van der Waals surface area (Å²) in [5.41, 5.74) is 4.05. The standard InChI is InChI=1S/C26H21FN2O2S/c1-17-26(30)29(15-20-9-5-6-10-21(20)27)23-14-19(11-12-24(23)31-17)22-16-32-25(28-22)13-18-7-3-2-4-8-18/h2-12,14,16-17H,13,15H2,1H3. The number of benzene rings is 3. The van der Waals surface area contributed by atoms with Crippen LogP contribution < -0.4 is 9.64 Å². The topological polar surface area (TPSA) is 42.4 Å². The summed E-state index contributed by atoms with van der Waals surface area (Å²) in [6, 6.07) is 22.5. The fourth-order valence-electron chi connectivity index (χ4n) is 3.82. The highest BCUT2D eigenvalue weighted by atomic mass is 32.1. The van der Waals surface area contributed by atoms with Crippen molar-refractivity contribution in [1.29, 1.82) is 0 Å². The highest BCUT2D eigenvalue weighted by Gasteiger charge is 2.32. The van der Waals surface area contributed by atoms with Crippen molar-refractivity contribution in [2.45, 2.75) is 26.0 Å². The summed E-state index contributed by atoms with van der Waals surface area (Å²) >= 11 is 1.61. The highest BCUT2D eigenvalue weighted by Crippen LogP contribution is 2.38. The third-order valence-electron chi connectivity index (χ3n) is 5.50. The van der Waals surface area contributed by atoms with Gasteiger partial charge in [-0.3, -0.25) is 4.79 Å². The molecule has 3 aromatic carbocycles. The average molecular weight is 445 g/mol. The Hall–Kier alpha value is -3.51. The smallest absolute Gasteiger partial charge is 0.268 e. The zero-order valence-electron chi connectivity index (χ0n) is 17.5. The Morgan fingerprint density at radius 3 is 2.66 bits per heavy atom. The van der Waals surface area contributed by atoms with Gasteiger partial charge >= 0.3 is 0 Å². The van der Waals surface area contributed by atoms with Gasteiger partial charge in [0.2, 0.25) is 0 Å². The van der Waals surface area contributed by atoms with Crippen molar-refractivity contribution in [2.24, 2.45) is 0 Å². The minimum absolute atomic E-state index is 0.145. The van der Waals surface area contributed by atoms with Crippen LogP contribution in [-0.4, -0.2) is 17.0 Å². The molecule has 0 fully saturated rings. The fourth-order valence-corrected chi connectivity index (χ4v) is 4.66. The molecule has 4 aromatic rings. The first kappa shape index (κ1) is 20.4. The summed E-state index contributed by atoms with van der Waals surface area (Å²) in [6.45, 7) is 1.86. The first-order valence-corrected chi connectivity index (χ1v) is 11.3. The van der Waals surface area contributed by atoms with E-state index >= 15 is 0 Å². The number of carbonyl (C=O) groups excluding carboxylic acids is 1. The quantitative estimate of drug-likeness (QED) is 0.388. The molecule has 0 N–H and O–H groups in total. The van der Waals surface area contributed by atoms with Gasteiger partial charge in [0.25, 0.3) is 5.91 Å². The molecule has 0 saturated heterocycles. The van der Waals surface area contributed by atoms with Crippen molar-refractivity contribution >= 4 is 22.9 Å². The molecule has 1 atom stereocenters. The summed E-state index contributed by atoms with van der Waals surface area (Å²) < 4.78 is 20.1. The Bertz CT molecular complexity index is 1270. The number of rotatable bonds is 5. The molecule has 0 saturated carbocycles. The Kier molecular flexibility index (Phi) is 5.45. The number of aromatic nitrogens is 1. The largest absolute Gasteiger partial charge is 0.479 e. The number of hydrogen-bond acceptors (Lipinski definition) is 4. The van der Waals surface area contributed by atoms with Crippen LogP contribution in [0.3, 0.4) is 0 Å². The highest BCUT2D eigenvalue weighted by molar-refractivity contribution is 7.10. The molecule has 6 heteroatoms. The van der Waals surface area contributed by atoms with Gasteiger partial charge in [-0.1, -0.05) is 48.5 Å². The number of thiazole rings is 1. The molecular formula is C26H21FN2O2S. The maximum absolute atomic E-state index is 14.3. The predicted molar refractivity (Wildman–Crippen MR) is 124 cm³/mol. The van der Waals surface area contributed by atoms with Crippen LogP contribution in [-0.2, 0) is 17.8 Å². The van der Waals surface area contributed by atoms with Crippen molar-refractivity contribution in [3.05, 3.63) is 100 Å². The van der Waals surface area contributed by atoms with E-state index in [1.54, 1.807) is 41.4 Å². The Labute approximate surface area is 189 Å². The Morgan fingerprint density at radius 2 is 1.84 bits per heavy atom.